The Kier molecular flexibility index (Phi) is 7.79. The van der Waals surface area contributed by atoms with Crippen LogP contribution in [0.3, 0.4) is 0 Å². The topological polar surface area (TPSA) is 71.0 Å². The van der Waals surface area contributed by atoms with E-state index < -0.39 is 5.82 Å². The average Bonchev–Trinajstić information content (AvgIpc) is 3.29. The van der Waals surface area contributed by atoms with Crippen molar-refractivity contribution in [3.05, 3.63) is 47.5 Å². The fraction of sp³-hybridized carbons (Fsp3) is 0.455. The second-order valence-electron chi connectivity index (χ2n) is 11.7. The number of pyridine rings is 2. The van der Waals surface area contributed by atoms with Crippen molar-refractivity contribution in [1.82, 2.24) is 14.9 Å². The van der Waals surface area contributed by atoms with E-state index >= 15 is 4.39 Å². The molecule has 0 bridgehead atoms. The van der Waals surface area contributed by atoms with Gasteiger partial charge >= 0.3 is 0 Å². The Morgan fingerprint density at radius 1 is 1.12 bits per heavy atom. The van der Waals surface area contributed by atoms with E-state index in [1.165, 1.54) is 12.1 Å². The third-order valence-electron chi connectivity index (χ3n) is 8.85. The number of halogens is 2. The van der Waals surface area contributed by atoms with Gasteiger partial charge in [0.05, 0.1) is 23.7 Å². The maximum Gasteiger partial charge on any atom is 0.225 e. The van der Waals surface area contributed by atoms with Gasteiger partial charge in [0.1, 0.15) is 29.4 Å². The number of anilines is 1. The summed E-state index contributed by atoms with van der Waals surface area (Å²) >= 11 is 0. The summed E-state index contributed by atoms with van der Waals surface area (Å²) in [6.07, 6.45) is 5.39. The fourth-order valence-electron chi connectivity index (χ4n) is 6.25. The molecule has 6 rings (SSSR count). The molecule has 222 valence electrons. The Balaban J connectivity index is 1.58. The Morgan fingerprint density at radius 2 is 1.95 bits per heavy atom. The van der Waals surface area contributed by atoms with Gasteiger partial charge in [-0.3, -0.25) is 0 Å². The molecule has 4 heterocycles. The molecule has 1 N–H and O–H groups in total. The molecule has 0 saturated carbocycles. The van der Waals surface area contributed by atoms with E-state index in [9.17, 15) is 9.50 Å². The third-order valence-corrected chi connectivity index (χ3v) is 8.85. The molecule has 1 fully saturated rings. The number of fused-ring (bicyclic) bond motifs is 3. The van der Waals surface area contributed by atoms with Gasteiger partial charge in [-0.2, -0.15) is 0 Å². The molecule has 0 radical (unpaired) electrons. The lowest BCUT2D eigenvalue weighted by Gasteiger charge is -2.30. The Labute approximate surface area is 245 Å². The summed E-state index contributed by atoms with van der Waals surface area (Å²) in [5.74, 6) is -0.471. The van der Waals surface area contributed by atoms with E-state index in [2.05, 4.69) is 21.7 Å². The number of ether oxygens (including phenoxy) is 2. The number of phenols is 1. The molecule has 0 aliphatic carbocycles. The van der Waals surface area contributed by atoms with Crippen molar-refractivity contribution in [1.29, 1.82) is 0 Å². The van der Waals surface area contributed by atoms with E-state index in [4.69, 9.17) is 14.5 Å². The van der Waals surface area contributed by atoms with Crippen molar-refractivity contribution >= 4 is 27.4 Å². The third kappa shape index (κ3) is 5.08. The van der Waals surface area contributed by atoms with E-state index in [1.54, 1.807) is 12.1 Å². The molecule has 7 nitrogen and oxygen atoms in total. The molecule has 4 aromatic rings. The van der Waals surface area contributed by atoms with Gasteiger partial charge in [0.2, 0.25) is 11.8 Å². The zero-order valence-electron chi connectivity index (χ0n) is 24.7. The molecule has 2 aliphatic rings. The minimum atomic E-state index is -0.655. The van der Waals surface area contributed by atoms with Crippen LogP contribution in [0.25, 0.3) is 32.9 Å². The lowest BCUT2D eigenvalue weighted by atomic mass is 9.94. The van der Waals surface area contributed by atoms with Crippen LogP contribution in [0, 0.1) is 11.6 Å². The van der Waals surface area contributed by atoms with Crippen molar-refractivity contribution < 1.29 is 23.4 Å². The van der Waals surface area contributed by atoms with E-state index in [0.717, 1.165) is 44.3 Å². The van der Waals surface area contributed by atoms with Crippen LogP contribution in [0.1, 0.15) is 51.5 Å². The van der Waals surface area contributed by atoms with Gasteiger partial charge in [0, 0.05) is 24.2 Å². The van der Waals surface area contributed by atoms with E-state index in [-0.39, 0.29) is 34.7 Å². The van der Waals surface area contributed by atoms with Gasteiger partial charge in [0.25, 0.3) is 0 Å². The lowest BCUT2D eigenvalue weighted by Crippen LogP contribution is -2.38. The van der Waals surface area contributed by atoms with Crippen molar-refractivity contribution in [2.24, 2.45) is 0 Å². The summed E-state index contributed by atoms with van der Waals surface area (Å²) in [5, 5.41) is 12.2. The maximum absolute atomic E-state index is 16.8. The number of hydrogen-bond acceptors (Lipinski definition) is 7. The second kappa shape index (κ2) is 11.5. The molecule has 2 aromatic carbocycles. The molecular formula is C33H38F2N4O3. The smallest absolute Gasteiger partial charge is 0.225 e. The highest BCUT2D eigenvalue weighted by molar-refractivity contribution is 6.04. The van der Waals surface area contributed by atoms with Crippen LogP contribution >= 0.6 is 0 Å². The Bertz CT molecular complexity index is 1640. The highest BCUT2D eigenvalue weighted by Gasteiger charge is 2.32. The number of aromatic nitrogens is 2. The molecule has 1 unspecified atom stereocenters. The lowest BCUT2D eigenvalue weighted by molar-refractivity contribution is 0.229. The van der Waals surface area contributed by atoms with Gasteiger partial charge in [-0.05, 0) is 81.2 Å². The maximum atomic E-state index is 16.8. The average molecular weight is 577 g/mol. The zero-order valence-corrected chi connectivity index (χ0v) is 24.7. The van der Waals surface area contributed by atoms with E-state index in [1.807, 2.05) is 27.1 Å². The zero-order chi connectivity index (χ0) is 29.5. The van der Waals surface area contributed by atoms with Crippen LogP contribution in [0.5, 0.6) is 17.5 Å². The summed E-state index contributed by atoms with van der Waals surface area (Å²) in [6.45, 7) is 5.64. The molecule has 42 heavy (non-hydrogen) atoms. The van der Waals surface area contributed by atoms with Crippen LogP contribution in [0.15, 0.2) is 30.3 Å². The number of nitrogens with zero attached hydrogens (tertiary/aromatic N) is 4. The predicted molar refractivity (Wildman–Crippen MR) is 162 cm³/mol. The first-order chi connectivity index (χ1) is 20.3. The van der Waals surface area contributed by atoms with Crippen molar-refractivity contribution in [3.63, 3.8) is 0 Å². The summed E-state index contributed by atoms with van der Waals surface area (Å²) in [4.78, 5) is 13.8. The monoisotopic (exact) mass is 576 g/mol. The van der Waals surface area contributed by atoms with Gasteiger partial charge in [-0.1, -0.05) is 25.8 Å². The van der Waals surface area contributed by atoms with Gasteiger partial charge in [0.15, 0.2) is 5.82 Å². The van der Waals surface area contributed by atoms with Gasteiger partial charge < -0.3 is 24.4 Å². The molecule has 2 atom stereocenters. The van der Waals surface area contributed by atoms with Crippen LogP contribution in [0.2, 0.25) is 0 Å². The summed E-state index contributed by atoms with van der Waals surface area (Å²) in [7, 11) is 4.05. The normalized spacial score (nSPS) is 17.6. The first-order valence-corrected chi connectivity index (χ1v) is 14.9. The minimum Gasteiger partial charge on any atom is -0.508 e. The summed E-state index contributed by atoms with van der Waals surface area (Å²) in [6, 6.07) is 8.28. The van der Waals surface area contributed by atoms with Crippen LogP contribution < -0.4 is 14.4 Å². The quantitative estimate of drug-likeness (QED) is 0.258. The highest BCUT2D eigenvalue weighted by atomic mass is 19.1. The number of aromatic hydroxyl groups is 1. The number of rotatable bonds is 7. The van der Waals surface area contributed by atoms with Crippen LogP contribution in [-0.4, -0.2) is 65.9 Å². The van der Waals surface area contributed by atoms with E-state index in [0.29, 0.717) is 58.8 Å². The standard InChI is InChI=1S/C33H38F2N4O3/c1-5-23-25(34)11-10-20-15-22(40)16-24(28(20)23)31-30(35)32-29-26(17-27(36-32)41-14-12-19(2)38(3)4)39-13-8-6-7-9-21(39)18-42-33(29)37-31/h10-11,15-17,19,21,40H,5-9,12-14,18H2,1-4H3/t19-,21?/m0/s1. The second-order valence-corrected chi connectivity index (χ2v) is 11.7. The van der Waals surface area contributed by atoms with Crippen LogP contribution in [-0.2, 0) is 6.42 Å². The number of benzene rings is 2. The van der Waals surface area contributed by atoms with Crippen LogP contribution in [0.4, 0.5) is 14.5 Å². The summed E-state index contributed by atoms with van der Waals surface area (Å²) in [5.41, 5.74) is 1.61. The first-order valence-electron chi connectivity index (χ1n) is 14.9. The predicted octanol–water partition coefficient (Wildman–Crippen LogP) is 6.86. The molecule has 0 amide bonds. The molecule has 1 saturated heterocycles. The molecule has 2 aromatic heterocycles. The van der Waals surface area contributed by atoms with Crippen molar-refractivity contribution in [3.8, 4) is 28.8 Å². The molecular weight excluding hydrogens is 538 g/mol. The molecule has 9 heteroatoms. The highest BCUT2D eigenvalue weighted by Crippen LogP contribution is 2.45. The summed E-state index contributed by atoms with van der Waals surface area (Å²) < 4.78 is 44.3. The fourth-order valence-corrected chi connectivity index (χ4v) is 6.25. The minimum absolute atomic E-state index is 0.0346. The number of hydrogen-bond donors (Lipinski definition) is 1. The number of phenolic OH excluding ortho intramolecular Hbond substituents is 1. The first kappa shape index (κ1) is 28.4. The SMILES string of the molecule is CCc1c(F)ccc2cc(O)cc(-c3nc4c5c(cc(OCC[C@H](C)N(C)C)nc5c3F)N3CCCCCC3CO4)c12. The van der Waals surface area contributed by atoms with Gasteiger partial charge in [-0.15, -0.1) is 0 Å². The van der Waals surface area contributed by atoms with Gasteiger partial charge in [-0.25, -0.2) is 18.7 Å². The Hall–Kier alpha value is -3.72. The van der Waals surface area contributed by atoms with Crippen molar-refractivity contribution in [2.45, 2.75) is 64.5 Å². The molecule has 0 spiro atoms. The number of aryl methyl sites for hydroxylation is 1. The Morgan fingerprint density at radius 3 is 2.74 bits per heavy atom. The molecule has 2 aliphatic heterocycles. The largest absolute Gasteiger partial charge is 0.508 e. The van der Waals surface area contributed by atoms with Crippen molar-refractivity contribution in [2.75, 3.05) is 38.8 Å².